The zero-order valence-corrected chi connectivity index (χ0v) is 6.84. The Balaban J connectivity index is 2.41. The molecule has 0 fully saturated rings. The SMILES string of the molecule is COc1cncc(-c2cnon2)n1. The molecule has 6 nitrogen and oxygen atoms in total. The van der Waals surface area contributed by atoms with E-state index in [1.807, 2.05) is 0 Å². The van der Waals surface area contributed by atoms with Crippen molar-refractivity contribution in [1.82, 2.24) is 20.3 Å². The fourth-order valence-corrected chi connectivity index (χ4v) is 0.847. The maximum atomic E-state index is 4.90. The standard InChI is InChI=1S/C7H6N4O2/c1-12-7-4-8-2-5(10-7)6-3-9-13-11-6/h2-4H,1H3. The molecule has 0 bridgehead atoms. The van der Waals surface area contributed by atoms with Gasteiger partial charge in [0, 0.05) is 0 Å². The van der Waals surface area contributed by atoms with E-state index in [9.17, 15) is 0 Å². The predicted molar refractivity (Wildman–Crippen MR) is 41.9 cm³/mol. The lowest BCUT2D eigenvalue weighted by atomic mass is 10.3. The summed E-state index contributed by atoms with van der Waals surface area (Å²) in [5.74, 6) is 0.431. The second kappa shape index (κ2) is 3.18. The molecule has 2 aromatic heterocycles. The van der Waals surface area contributed by atoms with Crippen LogP contribution in [-0.2, 0) is 0 Å². The van der Waals surface area contributed by atoms with Crippen LogP contribution in [0.2, 0.25) is 0 Å². The van der Waals surface area contributed by atoms with Gasteiger partial charge >= 0.3 is 0 Å². The second-order valence-electron chi connectivity index (χ2n) is 2.24. The third-order valence-electron chi connectivity index (χ3n) is 1.45. The van der Waals surface area contributed by atoms with Gasteiger partial charge in [-0.25, -0.2) is 9.61 Å². The number of hydrogen-bond acceptors (Lipinski definition) is 6. The van der Waals surface area contributed by atoms with E-state index in [1.54, 1.807) is 6.20 Å². The van der Waals surface area contributed by atoms with Gasteiger partial charge in [-0.3, -0.25) is 4.98 Å². The maximum absolute atomic E-state index is 4.90. The molecule has 0 radical (unpaired) electrons. The molecule has 0 saturated carbocycles. The molecule has 0 spiro atoms. The minimum atomic E-state index is 0.431. The smallest absolute Gasteiger partial charge is 0.232 e. The first-order valence-electron chi connectivity index (χ1n) is 3.54. The first-order valence-corrected chi connectivity index (χ1v) is 3.54. The summed E-state index contributed by atoms with van der Waals surface area (Å²) < 4.78 is 9.33. The fraction of sp³-hybridized carbons (Fsp3) is 0.143. The molecular formula is C7H6N4O2. The second-order valence-corrected chi connectivity index (χ2v) is 2.24. The predicted octanol–water partition coefficient (Wildman–Crippen LogP) is 0.535. The fourth-order valence-electron chi connectivity index (χ4n) is 0.847. The van der Waals surface area contributed by atoms with Crippen LogP contribution in [0.3, 0.4) is 0 Å². The highest BCUT2D eigenvalue weighted by molar-refractivity contribution is 5.50. The first-order chi connectivity index (χ1) is 6.40. The van der Waals surface area contributed by atoms with Crippen molar-refractivity contribution < 1.29 is 9.37 Å². The van der Waals surface area contributed by atoms with Crippen LogP contribution in [0.4, 0.5) is 0 Å². The lowest BCUT2D eigenvalue weighted by Gasteiger charge is -1.97. The van der Waals surface area contributed by atoms with Gasteiger partial charge in [-0.1, -0.05) is 5.16 Å². The van der Waals surface area contributed by atoms with Crippen molar-refractivity contribution in [2.75, 3.05) is 7.11 Å². The molecular weight excluding hydrogens is 172 g/mol. The van der Waals surface area contributed by atoms with Crippen LogP contribution in [0.25, 0.3) is 11.4 Å². The monoisotopic (exact) mass is 178 g/mol. The van der Waals surface area contributed by atoms with Gasteiger partial charge in [0.1, 0.15) is 11.9 Å². The Kier molecular flexibility index (Phi) is 1.87. The molecule has 0 aliphatic rings. The molecule has 2 rings (SSSR count). The lowest BCUT2D eigenvalue weighted by molar-refractivity contribution is 0.308. The van der Waals surface area contributed by atoms with Crippen molar-refractivity contribution in [3.05, 3.63) is 18.6 Å². The van der Waals surface area contributed by atoms with Gasteiger partial charge in [-0.05, 0) is 5.16 Å². The molecule has 6 heteroatoms. The van der Waals surface area contributed by atoms with E-state index < -0.39 is 0 Å². The van der Waals surface area contributed by atoms with Crippen LogP contribution in [0.1, 0.15) is 0 Å². The Morgan fingerprint density at radius 3 is 2.85 bits per heavy atom. The molecule has 0 amide bonds. The minimum Gasteiger partial charge on any atom is -0.480 e. The van der Waals surface area contributed by atoms with Crippen LogP contribution in [0.5, 0.6) is 5.88 Å². The van der Waals surface area contributed by atoms with E-state index in [-0.39, 0.29) is 0 Å². The molecule has 0 aliphatic carbocycles. The Bertz CT molecular complexity index is 387. The van der Waals surface area contributed by atoms with Crippen molar-refractivity contribution in [2.45, 2.75) is 0 Å². The summed E-state index contributed by atoms with van der Waals surface area (Å²) >= 11 is 0. The number of rotatable bonds is 2. The Labute approximate surface area is 73.5 Å². The molecule has 2 aromatic rings. The normalized spacial score (nSPS) is 9.92. The molecule has 2 heterocycles. The van der Waals surface area contributed by atoms with Crippen molar-refractivity contribution in [3.63, 3.8) is 0 Å². The number of aromatic nitrogens is 4. The summed E-state index contributed by atoms with van der Waals surface area (Å²) in [5.41, 5.74) is 1.10. The van der Waals surface area contributed by atoms with E-state index in [2.05, 4.69) is 24.9 Å². The van der Waals surface area contributed by atoms with E-state index in [0.717, 1.165) is 0 Å². The van der Waals surface area contributed by atoms with Gasteiger partial charge in [0.15, 0.2) is 5.69 Å². The maximum Gasteiger partial charge on any atom is 0.232 e. The number of ether oxygens (including phenoxy) is 1. The van der Waals surface area contributed by atoms with Crippen molar-refractivity contribution in [3.8, 4) is 17.3 Å². The van der Waals surface area contributed by atoms with Gasteiger partial charge in [-0.2, -0.15) is 0 Å². The van der Waals surface area contributed by atoms with Gasteiger partial charge < -0.3 is 4.74 Å². The Hall–Kier alpha value is -1.98. The molecule has 13 heavy (non-hydrogen) atoms. The van der Waals surface area contributed by atoms with Crippen LogP contribution in [-0.4, -0.2) is 27.4 Å². The van der Waals surface area contributed by atoms with E-state index >= 15 is 0 Å². The highest BCUT2D eigenvalue weighted by Crippen LogP contribution is 2.14. The van der Waals surface area contributed by atoms with E-state index in [4.69, 9.17) is 4.74 Å². The summed E-state index contributed by atoms with van der Waals surface area (Å²) in [7, 11) is 1.52. The first kappa shape index (κ1) is 7.66. The largest absolute Gasteiger partial charge is 0.480 e. The molecule has 0 aromatic carbocycles. The topological polar surface area (TPSA) is 73.9 Å². The van der Waals surface area contributed by atoms with Crippen LogP contribution in [0, 0.1) is 0 Å². The zero-order valence-electron chi connectivity index (χ0n) is 6.84. The molecule has 66 valence electrons. The quantitative estimate of drug-likeness (QED) is 0.667. The van der Waals surface area contributed by atoms with Crippen molar-refractivity contribution in [2.24, 2.45) is 0 Å². The third kappa shape index (κ3) is 1.46. The third-order valence-corrected chi connectivity index (χ3v) is 1.45. The van der Waals surface area contributed by atoms with Gasteiger partial charge in [-0.15, -0.1) is 0 Å². The molecule has 0 atom stereocenters. The average molecular weight is 178 g/mol. The summed E-state index contributed by atoms with van der Waals surface area (Å²) in [6, 6.07) is 0. The van der Waals surface area contributed by atoms with Gasteiger partial charge in [0.2, 0.25) is 5.88 Å². The summed E-state index contributed by atoms with van der Waals surface area (Å²) in [6.07, 6.45) is 4.53. The molecule has 0 N–H and O–H groups in total. The Morgan fingerprint density at radius 1 is 1.23 bits per heavy atom. The summed E-state index contributed by atoms with van der Waals surface area (Å²) in [4.78, 5) is 8.00. The van der Waals surface area contributed by atoms with E-state index in [0.29, 0.717) is 17.3 Å². The highest BCUT2D eigenvalue weighted by Gasteiger charge is 2.05. The van der Waals surface area contributed by atoms with Gasteiger partial charge in [0.05, 0.1) is 19.5 Å². The van der Waals surface area contributed by atoms with Crippen molar-refractivity contribution >= 4 is 0 Å². The zero-order chi connectivity index (χ0) is 9.10. The van der Waals surface area contributed by atoms with Crippen LogP contribution < -0.4 is 4.74 Å². The lowest BCUT2D eigenvalue weighted by Crippen LogP contribution is -1.91. The van der Waals surface area contributed by atoms with Crippen LogP contribution >= 0.6 is 0 Å². The summed E-state index contributed by atoms with van der Waals surface area (Å²) in [5, 5.41) is 7.08. The summed E-state index contributed by atoms with van der Waals surface area (Å²) in [6.45, 7) is 0. The molecule has 0 saturated heterocycles. The van der Waals surface area contributed by atoms with Crippen molar-refractivity contribution in [1.29, 1.82) is 0 Å². The number of hydrogen-bond donors (Lipinski definition) is 0. The Morgan fingerprint density at radius 2 is 2.15 bits per heavy atom. The van der Waals surface area contributed by atoms with E-state index in [1.165, 1.54) is 19.5 Å². The van der Waals surface area contributed by atoms with Crippen LogP contribution in [0.15, 0.2) is 23.2 Å². The molecule has 0 unspecified atom stereocenters. The molecule has 0 aliphatic heterocycles. The number of methoxy groups -OCH3 is 1. The van der Waals surface area contributed by atoms with Gasteiger partial charge in [0.25, 0.3) is 0 Å². The highest BCUT2D eigenvalue weighted by atomic mass is 16.6. The minimum absolute atomic E-state index is 0.431. The average Bonchev–Trinajstić information content (AvgIpc) is 2.71. The number of nitrogens with zero attached hydrogens (tertiary/aromatic N) is 4.